The molecular formula is C17H24N4. The number of piperazine rings is 1. The normalized spacial score (nSPS) is 23.0. The van der Waals surface area contributed by atoms with Gasteiger partial charge in [-0.15, -0.1) is 0 Å². The summed E-state index contributed by atoms with van der Waals surface area (Å²) in [5.41, 5.74) is 2.37. The molecule has 0 saturated carbocycles. The van der Waals surface area contributed by atoms with Gasteiger partial charge in [-0.3, -0.25) is 4.90 Å². The lowest BCUT2D eigenvalue weighted by Crippen LogP contribution is -2.45. The molecule has 21 heavy (non-hydrogen) atoms. The lowest BCUT2D eigenvalue weighted by molar-refractivity contribution is 0.235. The fourth-order valence-electron chi connectivity index (χ4n) is 2.97. The van der Waals surface area contributed by atoms with Crippen molar-refractivity contribution in [1.29, 1.82) is 0 Å². The van der Waals surface area contributed by atoms with Crippen LogP contribution in [0.5, 0.6) is 0 Å². The molecule has 2 aliphatic rings. The van der Waals surface area contributed by atoms with E-state index in [2.05, 4.69) is 70.3 Å². The Morgan fingerprint density at radius 2 is 1.90 bits per heavy atom. The highest BCUT2D eigenvalue weighted by Crippen LogP contribution is 2.21. The van der Waals surface area contributed by atoms with Gasteiger partial charge in [-0.2, -0.15) is 0 Å². The van der Waals surface area contributed by atoms with Crippen molar-refractivity contribution in [2.75, 3.05) is 37.6 Å². The summed E-state index contributed by atoms with van der Waals surface area (Å²) in [4.78, 5) is 4.81. The molecule has 2 aliphatic heterocycles. The van der Waals surface area contributed by atoms with E-state index in [9.17, 15) is 0 Å². The van der Waals surface area contributed by atoms with Crippen LogP contribution in [-0.4, -0.2) is 43.7 Å². The summed E-state index contributed by atoms with van der Waals surface area (Å²) in [6.07, 6.45) is 2.33. The standard InChI is InChI=1S/C17H24N4/c1-14-13-20(10-8-18-14)15(2)12-17-19-9-11-21(17)16-6-4-3-5-7-16/h3-7,12,15,18-19H,1,8-11,13H2,2H3/b17-12-. The monoisotopic (exact) mass is 284 g/mol. The van der Waals surface area contributed by atoms with Gasteiger partial charge in [0.05, 0.1) is 0 Å². The number of hydrogen-bond acceptors (Lipinski definition) is 4. The number of benzene rings is 1. The highest BCUT2D eigenvalue weighted by atomic mass is 15.3. The molecule has 0 amide bonds. The van der Waals surface area contributed by atoms with E-state index in [1.807, 2.05) is 0 Å². The molecule has 2 N–H and O–H groups in total. The highest BCUT2D eigenvalue weighted by Gasteiger charge is 2.22. The van der Waals surface area contributed by atoms with Crippen molar-refractivity contribution in [1.82, 2.24) is 15.5 Å². The zero-order valence-electron chi connectivity index (χ0n) is 12.7. The van der Waals surface area contributed by atoms with Gasteiger partial charge in [0.15, 0.2) is 0 Å². The Kier molecular flexibility index (Phi) is 4.15. The van der Waals surface area contributed by atoms with E-state index in [1.54, 1.807) is 0 Å². The Labute approximate surface area is 127 Å². The molecule has 4 heteroatoms. The van der Waals surface area contributed by atoms with Crippen LogP contribution in [0.15, 0.2) is 54.5 Å². The summed E-state index contributed by atoms with van der Waals surface area (Å²) in [5, 5.41) is 6.82. The SMILES string of the molecule is C=C1CN(C(C)/C=C2/NCCN2c2ccccc2)CCN1. The van der Waals surface area contributed by atoms with E-state index in [4.69, 9.17) is 0 Å². The second-order valence-corrected chi connectivity index (χ2v) is 5.71. The van der Waals surface area contributed by atoms with E-state index in [1.165, 1.54) is 11.5 Å². The Morgan fingerprint density at radius 1 is 1.14 bits per heavy atom. The second-order valence-electron chi connectivity index (χ2n) is 5.71. The van der Waals surface area contributed by atoms with Gasteiger partial charge in [0, 0.05) is 50.2 Å². The average molecular weight is 284 g/mol. The molecule has 1 aromatic rings. The molecule has 0 bridgehead atoms. The third kappa shape index (κ3) is 3.22. The van der Waals surface area contributed by atoms with Crippen molar-refractivity contribution in [3.63, 3.8) is 0 Å². The van der Waals surface area contributed by atoms with Gasteiger partial charge in [0.1, 0.15) is 5.82 Å². The van der Waals surface area contributed by atoms with Crippen LogP contribution in [0.2, 0.25) is 0 Å². The van der Waals surface area contributed by atoms with Crippen LogP contribution in [-0.2, 0) is 0 Å². The van der Waals surface area contributed by atoms with E-state index in [0.29, 0.717) is 6.04 Å². The second kappa shape index (κ2) is 6.22. The van der Waals surface area contributed by atoms with Crippen LogP contribution in [0.3, 0.4) is 0 Å². The van der Waals surface area contributed by atoms with Crippen molar-refractivity contribution in [2.45, 2.75) is 13.0 Å². The predicted octanol–water partition coefficient (Wildman–Crippen LogP) is 1.74. The summed E-state index contributed by atoms with van der Waals surface area (Å²) < 4.78 is 0. The maximum atomic E-state index is 4.04. The number of nitrogens with one attached hydrogen (secondary N) is 2. The number of anilines is 1. The van der Waals surface area contributed by atoms with Crippen molar-refractivity contribution >= 4 is 5.69 Å². The number of para-hydroxylation sites is 1. The molecule has 2 heterocycles. The first-order valence-electron chi connectivity index (χ1n) is 7.68. The summed E-state index contributed by atoms with van der Waals surface area (Å²) in [6.45, 7) is 11.3. The topological polar surface area (TPSA) is 30.5 Å². The smallest absolute Gasteiger partial charge is 0.103 e. The van der Waals surface area contributed by atoms with Gasteiger partial charge in [0.25, 0.3) is 0 Å². The predicted molar refractivity (Wildman–Crippen MR) is 88.1 cm³/mol. The van der Waals surface area contributed by atoms with E-state index in [-0.39, 0.29) is 0 Å². The van der Waals surface area contributed by atoms with Crippen molar-refractivity contribution in [2.24, 2.45) is 0 Å². The van der Waals surface area contributed by atoms with Crippen LogP contribution in [0, 0.1) is 0 Å². The van der Waals surface area contributed by atoms with Crippen LogP contribution in [0.25, 0.3) is 0 Å². The fraction of sp³-hybridized carbons (Fsp3) is 0.412. The van der Waals surface area contributed by atoms with Crippen LogP contribution >= 0.6 is 0 Å². The van der Waals surface area contributed by atoms with Gasteiger partial charge >= 0.3 is 0 Å². The first-order valence-corrected chi connectivity index (χ1v) is 7.68. The van der Waals surface area contributed by atoms with E-state index < -0.39 is 0 Å². The maximum absolute atomic E-state index is 4.04. The van der Waals surface area contributed by atoms with E-state index >= 15 is 0 Å². The van der Waals surface area contributed by atoms with Crippen molar-refractivity contribution in [3.8, 4) is 0 Å². The molecule has 3 rings (SSSR count). The largest absolute Gasteiger partial charge is 0.386 e. The molecule has 0 aromatic heterocycles. The zero-order valence-corrected chi connectivity index (χ0v) is 12.7. The molecule has 1 atom stereocenters. The van der Waals surface area contributed by atoms with Gasteiger partial charge < -0.3 is 15.5 Å². The maximum Gasteiger partial charge on any atom is 0.103 e. The van der Waals surface area contributed by atoms with Gasteiger partial charge in [0.2, 0.25) is 0 Å². The Hall–Kier alpha value is -1.94. The molecule has 1 aromatic carbocycles. The van der Waals surface area contributed by atoms with Gasteiger partial charge in [-0.05, 0) is 25.1 Å². The first kappa shape index (κ1) is 14.0. The number of rotatable bonds is 3. The first-order chi connectivity index (χ1) is 10.2. The zero-order chi connectivity index (χ0) is 14.7. The third-order valence-electron chi connectivity index (χ3n) is 4.14. The van der Waals surface area contributed by atoms with Crippen LogP contribution < -0.4 is 15.5 Å². The molecule has 4 nitrogen and oxygen atoms in total. The third-order valence-corrected chi connectivity index (χ3v) is 4.14. The van der Waals surface area contributed by atoms with E-state index in [0.717, 1.165) is 38.4 Å². The van der Waals surface area contributed by atoms with Gasteiger partial charge in [-0.25, -0.2) is 0 Å². The highest BCUT2D eigenvalue weighted by molar-refractivity contribution is 5.53. The molecular weight excluding hydrogens is 260 g/mol. The minimum absolute atomic E-state index is 0.399. The lowest BCUT2D eigenvalue weighted by atomic mass is 10.2. The molecule has 0 aliphatic carbocycles. The Bertz CT molecular complexity index is 523. The fourth-order valence-corrected chi connectivity index (χ4v) is 2.97. The summed E-state index contributed by atoms with van der Waals surface area (Å²) in [7, 11) is 0. The Morgan fingerprint density at radius 3 is 2.67 bits per heavy atom. The van der Waals surface area contributed by atoms with Crippen LogP contribution in [0.4, 0.5) is 5.69 Å². The van der Waals surface area contributed by atoms with Crippen LogP contribution in [0.1, 0.15) is 6.92 Å². The average Bonchev–Trinajstić information content (AvgIpc) is 2.96. The molecule has 0 spiro atoms. The molecule has 2 saturated heterocycles. The molecule has 1 unspecified atom stereocenters. The van der Waals surface area contributed by atoms with Crippen molar-refractivity contribution in [3.05, 3.63) is 54.5 Å². The lowest BCUT2D eigenvalue weighted by Gasteiger charge is -2.33. The minimum Gasteiger partial charge on any atom is -0.386 e. The summed E-state index contributed by atoms with van der Waals surface area (Å²) in [6, 6.07) is 11.0. The molecule has 112 valence electrons. The number of nitrogens with zero attached hydrogens (tertiary/aromatic N) is 2. The minimum atomic E-state index is 0.399. The number of hydrogen-bond donors (Lipinski definition) is 2. The van der Waals surface area contributed by atoms with Crippen molar-refractivity contribution < 1.29 is 0 Å². The summed E-state index contributed by atoms with van der Waals surface area (Å²) >= 11 is 0. The Balaban J connectivity index is 1.73. The molecule has 2 fully saturated rings. The quantitative estimate of drug-likeness (QED) is 0.885. The molecule has 0 radical (unpaired) electrons. The summed E-state index contributed by atoms with van der Waals surface area (Å²) in [5.74, 6) is 1.22. The van der Waals surface area contributed by atoms with Gasteiger partial charge in [-0.1, -0.05) is 24.8 Å².